The number of methoxy groups -OCH3 is 1. The van der Waals surface area contributed by atoms with Crippen LogP contribution in [0.25, 0.3) is 10.1 Å². The maximum Gasteiger partial charge on any atom is 0.198 e. The quantitative estimate of drug-likeness (QED) is 0.752. The van der Waals surface area contributed by atoms with E-state index in [0.717, 1.165) is 16.1 Å². The van der Waals surface area contributed by atoms with Crippen molar-refractivity contribution in [1.82, 2.24) is 0 Å². The van der Waals surface area contributed by atoms with Crippen LogP contribution in [0.1, 0.15) is 5.56 Å². The Labute approximate surface area is 131 Å². The van der Waals surface area contributed by atoms with Crippen LogP contribution in [-0.4, -0.2) is 13.3 Å². The van der Waals surface area contributed by atoms with Gasteiger partial charge in [0.1, 0.15) is 5.75 Å². The van der Waals surface area contributed by atoms with E-state index in [0.29, 0.717) is 16.0 Å². The number of hydrogen-bond acceptors (Lipinski definition) is 5. The Balaban J connectivity index is 2.02. The van der Waals surface area contributed by atoms with E-state index in [9.17, 15) is 4.79 Å². The van der Waals surface area contributed by atoms with Gasteiger partial charge in [-0.3, -0.25) is 9.79 Å². The summed E-state index contributed by atoms with van der Waals surface area (Å²) in [5.74, 6) is 0.760. The third-order valence-electron chi connectivity index (χ3n) is 3.28. The summed E-state index contributed by atoms with van der Waals surface area (Å²) < 4.78 is 5.98. The Bertz CT molecular complexity index is 899. The molecule has 0 unspecified atom stereocenters. The highest BCUT2D eigenvalue weighted by atomic mass is 32.1. The summed E-state index contributed by atoms with van der Waals surface area (Å²) >= 11 is 1.39. The second kappa shape index (κ2) is 5.99. The Morgan fingerprint density at radius 2 is 1.86 bits per heavy atom. The van der Waals surface area contributed by atoms with E-state index >= 15 is 0 Å². The van der Waals surface area contributed by atoms with Crippen LogP contribution in [0.15, 0.2) is 58.3 Å². The zero-order valence-electron chi connectivity index (χ0n) is 11.9. The van der Waals surface area contributed by atoms with Gasteiger partial charge in [-0.05, 0) is 36.4 Å². The first kappa shape index (κ1) is 14.3. The van der Waals surface area contributed by atoms with Crippen molar-refractivity contribution >= 4 is 38.3 Å². The highest BCUT2D eigenvalue weighted by Crippen LogP contribution is 2.24. The van der Waals surface area contributed by atoms with Crippen LogP contribution >= 0.6 is 11.3 Å². The molecular weight excluding hydrogens is 296 g/mol. The maximum atomic E-state index is 12.5. The van der Waals surface area contributed by atoms with Crippen molar-refractivity contribution in [3.63, 3.8) is 0 Å². The molecule has 0 saturated carbocycles. The molecule has 0 bridgehead atoms. The fourth-order valence-corrected chi connectivity index (χ4v) is 3.01. The van der Waals surface area contributed by atoms with Crippen LogP contribution < -0.4 is 15.9 Å². The molecular formula is C17H14N2O2S. The number of nitrogens with two attached hydrogens (primary N) is 1. The number of nitrogens with zero attached hydrogens (tertiary/aromatic N) is 1. The maximum absolute atomic E-state index is 12.5. The molecule has 22 heavy (non-hydrogen) atoms. The molecule has 0 amide bonds. The lowest BCUT2D eigenvalue weighted by Crippen LogP contribution is -2.10. The first-order valence-corrected chi connectivity index (χ1v) is 7.50. The zero-order chi connectivity index (χ0) is 15.5. The molecule has 0 saturated heterocycles. The molecule has 5 heteroatoms. The van der Waals surface area contributed by atoms with Crippen molar-refractivity contribution in [2.24, 2.45) is 4.99 Å². The third-order valence-corrected chi connectivity index (χ3v) is 4.29. The van der Waals surface area contributed by atoms with E-state index in [1.54, 1.807) is 13.2 Å². The first-order chi connectivity index (χ1) is 10.7. The molecule has 0 atom stereocenters. The van der Waals surface area contributed by atoms with E-state index in [1.807, 2.05) is 42.5 Å². The van der Waals surface area contributed by atoms with E-state index in [2.05, 4.69) is 4.99 Å². The van der Waals surface area contributed by atoms with Gasteiger partial charge >= 0.3 is 0 Å². The van der Waals surface area contributed by atoms with Crippen LogP contribution in [0.3, 0.4) is 0 Å². The molecule has 2 aromatic carbocycles. The van der Waals surface area contributed by atoms with Crippen molar-refractivity contribution in [2.75, 3.05) is 12.8 Å². The summed E-state index contributed by atoms with van der Waals surface area (Å²) in [5.41, 5.74) is 7.08. The van der Waals surface area contributed by atoms with E-state index in [-0.39, 0.29) is 5.43 Å². The van der Waals surface area contributed by atoms with Gasteiger partial charge in [0.25, 0.3) is 0 Å². The van der Waals surface area contributed by atoms with E-state index < -0.39 is 0 Å². The van der Waals surface area contributed by atoms with Crippen molar-refractivity contribution in [2.45, 2.75) is 0 Å². The monoisotopic (exact) mass is 310 g/mol. The molecule has 0 aliphatic heterocycles. The lowest BCUT2D eigenvalue weighted by Gasteiger charge is -2.02. The smallest absolute Gasteiger partial charge is 0.198 e. The number of aliphatic imine (C=N–C) groups is 1. The molecule has 0 aliphatic carbocycles. The fraction of sp³-hybridized carbons (Fsp3) is 0.0588. The second-order valence-electron chi connectivity index (χ2n) is 4.66. The summed E-state index contributed by atoms with van der Waals surface area (Å²) in [6.07, 6.45) is 1.53. The molecule has 110 valence electrons. The predicted molar refractivity (Wildman–Crippen MR) is 92.8 cm³/mol. The number of ether oxygens (including phenoxy) is 1. The SMILES string of the molecule is COc1ccc(N=Cc2c(N)sc3ccccc3c2=O)cc1. The van der Waals surface area contributed by atoms with Gasteiger partial charge in [-0.15, -0.1) is 11.3 Å². The molecule has 1 heterocycles. The van der Waals surface area contributed by atoms with Gasteiger partial charge in [0, 0.05) is 16.3 Å². The largest absolute Gasteiger partial charge is 0.497 e. The third kappa shape index (κ3) is 2.71. The summed E-state index contributed by atoms with van der Waals surface area (Å²) in [5, 5.41) is 1.14. The van der Waals surface area contributed by atoms with Crippen LogP contribution in [0, 0.1) is 0 Å². The van der Waals surface area contributed by atoms with Gasteiger partial charge in [-0.25, -0.2) is 0 Å². The molecule has 2 N–H and O–H groups in total. The minimum atomic E-state index is -0.0934. The van der Waals surface area contributed by atoms with Gasteiger partial charge in [0.15, 0.2) is 5.43 Å². The standard InChI is InChI=1S/C17H14N2O2S/c1-21-12-8-6-11(7-9-12)19-10-14-16(20)13-4-2-3-5-15(13)22-17(14)18/h2-10H,18H2,1H3. The number of nitrogen functional groups attached to an aromatic ring is 1. The molecule has 3 rings (SSSR count). The van der Waals surface area contributed by atoms with Crippen LogP contribution in [0.2, 0.25) is 0 Å². The zero-order valence-corrected chi connectivity index (χ0v) is 12.8. The number of fused-ring (bicyclic) bond motifs is 1. The average Bonchev–Trinajstić information content (AvgIpc) is 2.55. The molecule has 3 aromatic rings. The molecule has 0 fully saturated rings. The molecule has 4 nitrogen and oxygen atoms in total. The lowest BCUT2D eigenvalue weighted by molar-refractivity contribution is 0.415. The van der Waals surface area contributed by atoms with Gasteiger partial charge in [0.05, 0.1) is 23.4 Å². The second-order valence-corrected chi connectivity index (χ2v) is 5.75. The molecule has 0 radical (unpaired) electrons. The van der Waals surface area contributed by atoms with Gasteiger partial charge < -0.3 is 10.5 Å². The van der Waals surface area contributed by atoms with Crippen molar-refractivity contribution in [3.8, 4) is 5.75 Å². The number of rotatable bonds is 3. The van der Waals surface area contributed by atoms with Crippen molar-refractivity contribution in [3.05, 3.63) is 64.3 Å². The summed E-state index contributed by atoms with van der Waals surface area (Å²) in [7, 11) is 1.61. The molecule has 0 spiro atoms. The fourth-order valence-electron chi connectivity index (χ4n) is 2.10. The molecule has 1 aromatic heterocycles. The minimum Gasteiger partial charge on any atom is -0.497 e. The number of hydrogen-bond donors (Lipinski definition) is 1. The first-order valence-electron chi connectivity index (χ1n) is 6.68. The molecule has 0 aliphatic rings. The summed E-state index contributed by atoms with van der Waals surface area (Å²) in [6.45, 7) is 0. The average molecular weight is 310 g/mol. The highest BCUT2D eigenvalue weighted by molar-refractivity contribution is 7.22. The van der Waals surface area contributed by atoms with Crippen LogP contribution in [0.4, 0.5) is 10.7 Å². The van der Waals surface area contributed by atoms with Crippen LogP contribution in [-0.2, 0) is 0 Å². The number of anilines is 1. The Kier molecular flexibility index (Phi) is 3.89. The number of benzene rings is 2. The highest BCUT2D eigenvalue weighted by Gasteiger charge is 2.08. The van der Waals surface area contributed by atoms with Gasteiger partial charge in [0.2, 0.25) is 0 Å². The van der Waals surface area contributed by atoms with Crippen molar-refractivity contribution < 1.29 is 4.74 Å². The van der Waals surface area contributed by atoms with E-state index in [1.165, 1.54) is 17.6 Å². The van der Waals surface area contributed by atoms with Gasteiger partial charge in [-0.1, -0.05) is 12.1 Å². The Hall–Kier alpha value is -2.66. The van der Waals surface area contributed by atoms with Crippen LogP contribution in [0.5, 0.6) is 5.75 Å². The lowest BCUT2D eigenvalue weighted by atomic mass is 10.2. The topological polar surface area (TPSA) is 64.7 Å². The normalized spacial score (nSPS) is 11.1. The summed E-state index contributed by atoms with van der Waals surface area (Å²) in [4.78, 5) is 16.8. The summed E-state index contributed by atoms with van der Waals surface area (Å²) in [6, 6.07) is 14.7. The Morgan fingerprint density at radius 3 is 2.59 bits per heavy atom. The predicted octanol–water partition coefficient (Wildman–Crippen LogP) is 3.60. The minimum absolute atomic E-state index is 0.0934. The van der Waals surface area contributed by atoms with E-state index in [4.69, 9.17) is 10.5 Å². The van der Waals surface area contributed by atoms with Crippen molar-refractivity contribution in [1.29, 1.82) is 0 Å². The van der Waals surface area contributed by atoms with Gasteiger partial charge in [-0.2, -0.15) is 0 Å². The Morgan fingerprint density at radius 1 is 1.14 bits per heavy atom.